The Bertz CT molecular complexity index is 22.8. The second-order valence-corrected chi connectivity index (χ2v) is 1.31. The van der Waals surface area contributed by atoms with Gasteiger partial charge in [-0.25, -0.2) is 0 Å². The first kappa shape index (κ1) is 9.58. The smallest absolute Gasteiger partial charge is 0.326 e. The molecule has 0 aliphatic carbocycles. The molecule has 0 aromatic heterocycles. The molecule has 0 heterocycles. The molecule has 0 spiro atoms. The highest BCUT2D eigenvalue weighted by atomic mass is 31.2. The van der Waals surface area contributed by atoms with Crippen LogP contribution in [0.25, 0.3) is 0 Å². The third-order valence-electron chi connectivity index (χ3n) is 0.163. The van der Waals surface area contributed by atoms with Gasteiger partial charge in [-0.1, -0.05) is 7.43 Å². The lowest BCUT2D eigenvalue weighted by Gasteiger charge is -1.89. The molecule has 0 fully saturated rings. The standard InChI is InChI=1S/CH5O3P.CH4/c1-4-5(2)3;/h2-3H,1H3;1H4. The molecule has 0 bridgehead atoms. The molecule has 0 aliphatic rings. The van der Waals surface area contributed by atoms with E-state index >= 15 is 0 Å². The topological polar surface area (TPSA) is 49.7 Å². The Kier molecular flexibility index (Phi) is 8.48. The highest BCUT2D eigenvalue weighted by Gasteiger charge is 1.86. The van der Waals surface area contributed by atoms with Gasteiger partial charge in [0.15, 0.2) is 0 Å². The van der Waals surface area contributed by atoms with Gasteiger partial charge in [0.25, 0.3) is 0 Å². The van der Waals surface area contributed by atoms with Crippen LogP contribution in [0.1, 0.15) is 7.43 Å². The third kappa shape index (κ3) is 8.85. The molecule has 3 nitrogen and oxygen atoms in total. The summed E-state index contributed by atoms with van der Waals surface area (Å²) in [5.41, 5.74) is 0. The molecule has 0 unspecified atom stereocenters. The van der Waals surface area contributed by atoms with Crippen LogP contribution < -0.4 is 0 Å². The number of hydrogen-bond donors (Lipinski definition) is 2. The van der Waals surface area contributed by atoms with E-state index in [1.165, 1.54) is 7.11 Å². The van der Waals surface area contributed by atoms with Crippen LogP contribution in [-0.4, -0.2) is 16.9 Å². The van der Waals surface area contributed by atoms with Crippen molar-refractivity contribution in [3.8, 4) is 0 Å². The molecule has 0 aliphatic heterocycles. The van der Waals surface area contributed by atoms with Gasteiger partial charge in [-0.2, -0.15) is 0 Å². The summed E-state index contributed by atoms with van der Waals surface area (Å²) in [6.45, 7) is 0. The molecule has 0 rings (SSSR count). The minimum absolute atomic E-state index is 0. The van der Waals surface area contributed by atoms with Crippen molar-refractivity contribution in [2.24, 2.45) is 0 Å². The van der Waals surface area contributed by atoms with Crippen LogP contribution in [0, 0.1) is 0 Å². The third-order valence-corrected chi connectivity index (χ3v) is 0.490. The molecule has 2 N–H and O–H groups in total. The van der Waals surface area contributed by atoms with Gasteiger partial charge in [-0.05, 0) is 0 Å². The van der Waals surface area contributed by atoms with Crippen LogP contribution in [0.15, 0.2) is 0 Å². The summed E-state index contributed by atoms with van der Waals surface area (Å²) >= 11 is 0. The summed E-state index contributed by atoms with van der Waals surface area (Å²) in [5.74, 6) is 0. The van der Waals surface area contributed by atoms with Crippen LogP contribution in [0.4, 0.5) is 0 Å². The normalized spacial score (nSPS) is 8.00. The zero-order valence-corrected chi connectivity index (χ0v) is 3.64. The van der Waals surface area contributed by atoms with Crippen LogP contribution in [0.2, 0.25) is 0 Å². The van der Waals surface area contributed by atoms with E-state index in [1.807, 2.05) is 0 Å². The monoisotopic (exact) mass is 112 g/mol. The van der Waals surface area contributed by atoms with Crippen molar-refractivity contribution < 1.29 is 14.3 Å². The van der Waals surface area contributed by atoms with Gasteiger partial charge in [-0.3, -0.25) is 0 Å². The Morgan fingerprint density at radius 1 is 1.50 bits per heavy atom. The summed E-state index contributed by atoms with van der Waals surface area (Å²) < 4.78 is 3.93. The summed E-state index contributed by atoms with van der Waals surface area (Å²) in [6, 6.07) is 0. The fourth-order valence-electron chi connectivity index (χ4n) is 0. The Morgan fingerprint density at radius 3 is 1.67 bits per heavy atom. The van der Waals surface area contributed by atoms with Gasteiger partial charge >= 0.3 is 8.60 Å². The van der Waals surface area contributed by atoms with Crippen molar-refractivity contribution in [1.29, 1.82) is 0 Å². The van der Waals surface area contributed by atoms with E-state index < -0.39 is 8.60 Å². The summed E-state index contributed by atoms with van der Waals surface area (Å²) in [7, 11) is -0.870. The fourth-order valence-corrected chi connectivity index (χ4v) is 0. The zero-order valence-electron chi connectivity index (χ0n) is 2.75. The van der Waals surface area contributed by atoms with Crippen molar-refractivity contribution in [3.05, 3.63) is 0 Å². The van der Waals surface area contributed by atoms with E-state index in [0.29, 0.717) is 0 Å². The molecule has 0 aromatic carbocycles. The van der Waals surface area contributed by atoms with E-state index in [-0.39, 0.29) is 7.43 Å². The van der Waals surface area contributed by atoms with E-state index in [1.54, 1.807) is 0 Å². The van der Waals surface area contributed by atoms with Gasteiger partial charge in [-0.15, -0.1) is 0 Å². The van der Waals surface area contributed by atoms with Crippen LogP contribution in [-0.2, 0) is 4.52 Å². The first-order valence-corrected chi connectivity index (χ1v) is 2.16. The average Bonchev–Trinajstić information content (AvgIpc) is 1.38. The van der Waals surface area contributed by atoms with Crippen molar-refractivity contribution in [2.75, 3.05) is 7.11 Å². The lowest BCUT2D eigenvalue weighted by molar-refractivity contribution is 0.310. The number of rotatable bonds is 1. The maximum atomic E-state index is 7.76. The van der Waals surface area contributed by atoms with Gasteiger partial charge in [0.1, 0.15) is 0 Å². The summed E-state index contributed by atoms with van der Waals surface area (Å²) in [5, 5.41) is 0. The van der Waals surface area contributed by atoms with Crippen LogP contribution in [0.5, 0.6) is 0 Å². The van der Waals surface area contributed by atoms with Crippen molar-refractivity contribution in [2.45, 2.75) is 7.43 Å². The highest BCUT2D eigenvalue weighted by Crippen LogP contribution is 2.20. The Morgan fingerprint density at radius 2 is 1.67 bits per heavy atom. The summed E-state index contributed by atoms with van der Waals surface area (Å²) in [6.07, 6.45) is 0. The lowest BCUT2D eigenvalue weighted by Crippen LogP contribution is -1.67. The van der Waals surface area contributed by atoms with E-state index in [0.717, 1.165) is 0 Å². The minimum atomic E-state index is -2.10. The minimum Gasteiger partial charge on any atom is -0.328 e. The number of hydrogen-bond acceptors (Lipinski definition) is 3. The second-order valence-electron chi connectivity index (χ2n) is 0.435. The van der Waals surface area contributed by atoms with Gasteiger partial charge in [0, 0.05) is 7.11 Å². The molecule has 0 radical (unpaired) electrons. The predicted octanol–water partition coefficient (Wildman–Crippen LogP) is 0.480. The second kappa shape index (κ2) is 5.31. The maximum absolute atomic E-state index is 7.76. The quantitative estimate of drug-likeness (QED) is 0.485. The molecular weight excluding hydrogens is 103 g/mol. The molecule has 0 saturated heterocycles. The lowest BCUT2D eigenvalue weighted by atomic mass is 11.8. The Hall–Kier alpha value is 0.310. The van der Waals surface area contributed by atoms with Gasteiger partial charge in [0.2, 0.25) is 0 Å². The van der Waals surface area contributed by atoms with E-state index in [4.69, 9.17) is 9.79 Å². The van der Waals surface area contributed by atoms with Crippen LogP contribution in [0.3, 0.4) is 0 Å². The fraction of sp³-hybridized carbons (Fsp3) is 1.00. The van der Waals surface area contributed by atoms with Gasteiger partial charge in [0.05, 0.1) is 0 Å². The molecule has 40 valence electrons. The largest absolute Gasteiger partial charge is 0.328 e. The van der Waals surface area contributed by atoms with E-state index in [9.17, 15) is 0 Å². The summed E-state index contributed by atoms with van der Waals surface area (Å²) in [4.78, 5) is 15.5. The van der Waals surface area contributed by atoms with Crippen LogP contribution >= 0.6 is 8.60 Å². The SMILES string of the molecule is C.COP(O)O. The molecule has 6 heavy (non-hydrogen) atoms. The molecule has 4 heteroatoms. The maximum Gasteiger partial charge on any atom is 0.326 e. The average molecular weight is 112 g/mol. The molecular formula is C2H9O3P. The van der Waals surface area contributed by atoms with Crippen molar-refractivity contribution in [1.82, 2.24) is 0 Å². The zero-order chi connectivity index (χ0) is 4.28. The Balaban J connectivity index is 0. The molecule has 0 atom stereocenters. The van der Waals surface area contributed by atoms with Crippen molar-refractivity contribution >= 4 is 8.60 Å². The first-order valence-electron chi connectivity index (χ1n) is 0.991. The van der Waals surface area contributed by atoms with Gasteiger partial charge < -0.3 is 14.3 Å². The molecule has 0 aromatic rings. The van der Waals surface area contributed by atoms with E-state index in [2.05, 4.69) is 4.52 Å². The Labute approximate surface area is 38.6 Å². The predicted molar refractivity (Wildman–Crippen MR) is 25.1 cm³/mol. The molecule has 0 amide bonds. The van der Waals surface area contributed by atoms with Crippen molar-refractivity contribution in [3.63, 3.8) is 0 Å². The highest BCUT2D eigenvalue weighted by molar-refractivity contribution is 7.39. The first-order chi connectivity index (χ1) is 2.27. The molecule has 0 saturated carbocycles.